The second-order valence-corrected chi connectivity index (χ2v) is 6.17. The molecule has 0 amide bonds. The highest BCUT2D eigenvalue weighted by Gasteiger charge is 2.13. The van der Waals surface area contributed by atoms with Crippen molar-refractivity contribution in [2.75, 3.05) is 0 Å². The van der Waals surface area contributed by atoms with Crippen LogP contribution in [0, 0.1) is 0 Å². The molecule has 0 spiro atoms. The van der Waals surface area contributed by atoms with Crippen molar-refractivity contribution >= 4 is 27.0 Å². The standard InChI is InChI=1S/C21H15BrN2/c22-14-15-11-12-18-19(13-15)24-21(17-9-5-2-6-10-17)20(23-18)16-7-3-1-4-8-16/h1-13H,14H2. The molecule has 0 bridgehead atoms. The van der Waals surface area contributed by atoms with Crippen LogP contribution >= 0.6 is 15.9 Å². The second-order valence-electron chi connectivity index (χ2n) is 5.61. The van der Waals surface area contributed by atoms with E-state index in [1.807, 2.05) is 42.5 Å². The van der Waals surface area contributed by atoms with Gasteiger partial charge in [-0.25, -0.2) is 9.97 Å². The van der Waals surface area contributed by atoms with Crippen LogP contribution in [0.3, 0.4) is 0 Å². The Bertz CT molecular complexity index is 983. The van der Waals surface area contributed by atoms with Gasteiger partial charge in [0.25, 0.3) is 0 Å². The Labute approximate surface area is 149 Å². The van der Waals surface area contributed by atoms with Crippen molar-refractivity contribution in [2.24, 2.45) is 0 Å². The molecule has 0 saturated carbocycles. The van der Waals surface area contributed by atoms with Crippen LogP contribution in [0.15, 0.2) is 78.9 Å². The zero-order valence-corrected chi connectivity index (χ0v) is 14.6. The van der Waals surface area contributed by atoms with Crippen LogP contribution in [-0.2, 0) is 5.33 Å². The molecule has 0 aliphatic rings. The van der Waals surface area contributed by atoms with Crippen LogP contribution in [0.5, 0.6) is 0 Å². The van der Waals surface area contributed by atoms with Gasteiger partial charge in [-0.3, -0.25) is 0 Å². The van der Waals surface area contributed by atoms with Crippen LogP contribution in [0.25, 0.3) is 33.5 Å². The minimum atomic E-state index is 0.811. The summed E-state index contributed by atoms with van der Waals surface area (Å²) in [5.74, 6) is 0. The number of aromatic nitrogens is 2. The maximum atomic E-state index is 4.95. The molecule has 1 aromatic heterocycles. The Balaban J connectivity index is 2.02. The lowest BCUT2D eigenvalue weighted by molar-refractivity contribution is 1.28. The molecule has 24 heavy (non-hydrogen) atoms. The highest BCUT2D eigenvalue weighted by molar-refractivity contribution is 9.08. The Morgan fingerprint density at radius 2 is 1.17 bits per heavy atom. The summed E-state index contributed by atoms with van der Waals surface area (Å²) in [5, 5.41) is 0.811. The third kappa shape index (κ3) is 2.83. The lowest BCUT2D eigenvalue weighted by atomic mass is 10.0. The van der Waals surface area contributed by atoms with Gasteiger partial charge in [-0.15, -0.1) is 0 Å². The van der Waals surface area contributed by atoms with Gasteiger partial charge >= 0.3 is 0 Å². The van der Waals surface area contributed by atoms with E-state index in [0.717, 1.165) is 38.9 Å². The smallest absolute Gasteiger partial charge is 0.0973 e. The molecule has 2 nitrogen and oxygen atoms in total. The number of hydrogen-bond donors (Lipinski definition) is 0. The molecule has 4 aromatic rings. The minimum Gasteiger partial charge on any atom is -0.244 e. The quantitative estimate of drug-likeness (QED) is 0.419. The second kappa shape index (κ2) is 6.54. The molecular weight excluding hydrogens is 360 g/mol. The third-order valence-electron chi connectivity index (χ3n) is 3.98. The Morgan fingerprint density at radius 3 is 1.71 bits per heavy atom. The summed E-state index contributed by atoms with van der Waals surface area (Å²) in [6.45, 7) is 0. The van der Waals surface area contributed by atoms with E-state index < -0.39 is 0 Å². The van der Waals surface area contributed by atoms with Crippen molar-refractivity contribution in [3.63, 3.8) is 0 Å². The van der Waals surface area contributed by atoms with E-state index in [9.17, 15) is 0 Å². The van der Waals surface area contributed by atoms with Gasteiger partial charge in [0, 0.05) is 16.5 Å². The van der Waals surface area contributed by atoms with Gasteiger partial charge in [0.1, 0.15) is 0 Å². The monoisotopic (exact) mass is 374 g/mol. The molecule has 116 valence electrons. The van der Waals surface area contributed by atoms with Gasteiger partial charge in [-0.05, 0) is 17.7 Å². The molecule has 0 aliphatic carbocycles. The number of rotatable bonds is 3. The molecule has 0 saturated heterocycles. The summed E-state index contributed by atoms with van der Waals surface area (Å²) in [5.41, 5.74) is 7.03. The van der Waals surface area contributed by atoms with Gasteiger partial charge in [-0.1, -0.05) is 82.7 Å². The van der Waals surface area contributed by atoms with Crippen LogP contribution < -0.4 is 0 Å². The average molecular weight is 375 g/mol. The normalized spacial score (nSPS) is 10.9. The Kier molecular flexibility index (Phi) is 4.09. The highest BCUT2D eigenvalue weighted by Crippen LogP contribution is 2.31. The van der Waals surface area contributed by atoms with Crippen molar-refractivity contribution < 1.29 is 0 Å². The molecule has 1 heterocycles. The molecular formula is C21H15BrN2. The fourth-order valence-corrected chi connectivity index (χ4v) is 3.13. The summed E-state index contributed by atoms with van der Waals surface area (Å²) in [6.07, 6.45) is 0. The maximum absolute atomic E-state index is 4.95. The lowest BCUT2D eigenvalue weighted by Gasteiger charge is -2.11. The van der Waals surface area contributed by atoms with Crippen LogP contribution in [0.1, 0.15) is 5.56 Å². The average Bonchev–Trinajstić information content (AvgIpc) is 2.68. The van der Waals surface area contributed by atoms with E-state index in [2.05, 4.69) is 52.3 Å². The molecule has 0 aliphatic heterocycles. The molecule has 0 fully saturated rings. The van der Waals surface area contributed by atoms with Gasteiger partial charge < -0.3 is 0 Å². The van der Waals surface area contributed by atoms with Crippen molar-refractivity contribution in [1.29, 1.82) is 0 Å². The molecule has 0 unspecified atom stereocenters. The lowest BCUT2D eigenvalue weighted by Crippen LogP contribution is -1.96. The predicted molar refractivity (Wildman–Crippen MR) is 103 cm³/mol. The van der Waals surface area contributed by atoms with E-state index in [0.29, 0.717) is 0 Å². The molecule has 3 heteroatoms. The van der Waals surface area contributed by atoms with Gasteiger partial charge in [0.05, 0.1) is 22.4 Å². The van der Waals surface area contributed by atoms with Crippen molar-refractivity contribution in [3.05, 3.63) is 84.4 Å². The summed E-state index contributed by atoms with van der Waals surface area (Å²) in [7, 11) is 0. The number of fused-ring (bicyclic) bond motifs is 1. The fourth-order valence-electron chi connectivity index (χ4n) is 2.78. The van der Waals surface area contributed by atoms with Crippen molar-refractivity contribution in [3.8, 4) is 22.5 Å². The topological polar surface area (TPSA) is 25.8 Å². The first-order chi connectivity index (χ1) is 11.8. The van der Waals surface area contributed by atoms with Gasteiger partial charge in [0.15, 0.2) is 0 Å². The van der Waals surface area contributed by atoms with E-state index in [-0.39, 0.29) is 0 Å². The van der Waals surface area contributed by atoms with Crippen LogP contribution in [0.2, 0.25) is 0 Å². The SMILES string of the molecule is BrCc1ccc2nc(-c3ccccc3)c(-c3ccccc3)nc2c1. The molecule has 3 aromatic carbocycles. The van der Waals surface area contributed by atoms with Crippen molar-refractivity contribution in [2.45, 2.75) is 5.33 Å². The van der Waals surface area contributed by atoms with E-state index in [4.69, 9.17) is 9.97 Å². The van der Waals surface area contributed by atoms with Crippen LogP contribution in [-0.4, -0.2) is 9.97 Å². The summed E-state index contributed by atoms with van der Waals surface area (Å²) in [4.78, 5) is 9.87. The van der Waals surface area contributed by atoms with E-state index in [1.165, 1.54) is 5.56 Å². The third-order valence-corrected chi connectivity index (χ3v) is 4.62. The largest absolute Gasteiger partial charge is 0.244 e. The predicted octanol–water partition coefficient (Wildman–Crippen LogP) is 5.86. The fraction of sp³-hybridized carbons (Fsp3) is 0.0476. The Morgan fingerprint density at radius 1 is 0.625 bits per heavy atom. The van der Waals surface area contributed by atoms with E-state index in [1.54, 1.807) is 0 Å². The first-order valence-electron chi connectivity index (χ1n) is 7.82. The zero-order chi connectivity index (χ0) is 16.4. The number of benzene rings is 3. The highest BCUT2D eigenvalue weighted by atomic mass is 79.9. The number of alkyl halides is 1. The Hall–Kier alpha value is -2.52. The summed E-state index contributed by atoms with van der Waals surface area (Å²) >= 11 is 3.51. The van der Waals surface area contributed by atoms with Gasteiger partial charge in [-0.2, -0.15) is 0 Å². The molecule has 0 atom stereocenters. The van der Waals surface area contributed by atoms with E-state index >= 15 is 0 Å². The number of hydrogen-bond acceptors (Lipinski definition) is 2. The number of nitrogens with zero attached hydrogens (tertiary/aromatic N) is 2. The van der Waals surface area contributed by atoms with Crippen LogP contribution in [0.4, 0.5) is 0 Å². The van der Waals surface area contributed by atoms with Crippen molar-refractivity contribution in [1.82, 2.24) is 9.97 Å². The first kappa shape index (κ1) is 15.0. The maximum Gasteiger partial charge on any atom is 0.0973 e. The number of halogens is 1. The summed E-state index contributed by atoms with van der Waals surface area (Å²) < 4.78 is 0. The van der Waals surface area contributed by atoms with Gasteiger partial charge in [0.2, 0.25) is 0 Å². The molecule has 0 N–H and O–H groups in total. The molecule has 4 rings (SSSR count). The first-order valence-corrected chi connectivity index (χ1v) is 8.95. The molecule has 0 radical (unpaired) electrons. The summed E-state index contributed by atoms with van der Waals surface area (Å²) in [6, 6.07) is 26.7. The zero-order valence-electron chi connectivity index (χ0n) is 13.0. The minimum absolute atomic E-state index is 0.811.